The topological polar surface area (TPSA) is 87.2 Å². The number of ether oxygens (including phenoxy) is 1. The van der Waals surface area contributed by atoms with Crippen molar-refractivity contribution < 1.29 is 23.9 Å². The molecule has 0 aliphatic carbocycles. The molecule has 2 heterocycles. The maximum absolute atomic E-state index is 13.0. The number of amides is 4. The SMILES string of the molecule is CC(C)(C)N1C(=O)c2ccc(C(=O)N3CCN(C(=O)Oc4ccccc4)CC3)cc2C1=O. The first-order valence-electron chi connectivity index (χ1n) is 10.5. The van der Waals surface area contributed by atoms with Crippen LogP contribution in [0.5, 0.6) is 5.75 Å². The summed E-state index contributed by atoms with van der Waals surface area (Å²) in [6.07, 6.45) is -0.452. The van der Waals surface area contributed by atoms with Gasteiger partial charge in [-0.3, -0.25) is 19.3 Å². The third-order valence-electron chi connectivity index (χ3n) is 5.58. The average Bonchev–Trinajstić information content (AvgIpc) is 3.03. The number of imide groups is 1. The van der Waals surface area contributed by atoms with Gasteiger partial charge in [-0.15, -0.1) is 0 Å². The van der Waals surface area contributed by atoms with Gasteiger partial charge in [0.05, 0.1) is 11.1 Å². The Morgan fingerprint density at radius 3 is 2.03 bits per heavy atom. The zero-order valence-corrected chi connectivity index (χ0v) is 18.3. The van der Waals surface area contributed by atoms with Crippen molar-refractivity contribution in [2.75, 3.05) is 26.2 Å². The number of piperazine rings is 1. The van der Waals surface area contributed by atoms with Crippen LogP contribution in [0, 0.1) is 0 Å². The van der Waals surface area contributed by atoms with E-state index in [1.54, 1.807) is 67.0 Å². The summed E-state index contributed by atoms with van der Waals surface area (Å²) < 4.78 is 5.35. The van der Waals surface area contributed by atoms with Crippen LogP contribution in [0.25, 0.3) is 0 Å². The molecule has 0 saturated carbocycles. The minimum Gasteiger partial charge on any atom is -0.410 e. The second-order valence-corrected chi connectivity index (χ2v) is 8.84. The van der Waals surface area contributed by atoms with E-state index >= 15 is 0 Å². The quantitative estimate of drug-likeness (QED) is 0.677. The fourth-order valence-corrected chi connectivity index (χ4v) is 3.91. The number of rotatable bonds is 2. The molecule has 32 heavy (non-hydrogen) atoms. The Labute approximate surface area is 186 Å². The fourth-order valence-electron chi connectivity index (χ4n) is 3.91. The van der Waals surface area contributed by atoms with Crippen LogP contribution in [0.4, 0.5) is 4.79 Å². The van der Waals surface area contributed by atoms with Crippen LogP contribution >= 0.6 is 0 Å². The number of hydrogen-bond acceptors (Lipinski definition) is 5. The van der Waals surface area contributed by atoms with E-state index in [0.29, 0.717) is 43.1 Å². The molecule has 0 aromatic heterocycles. The molecule has 2 aromatic rings. The van der Waals surface area contributed by atoms with E-state index in [2.05, 4.69) is 0 Å². The number of para-hydroxylation sites is 1. The third kappa shape index (κ3) is 3.95. The third-order valence-corrected chi connectivity index (χ3v) is 5.58. The molecule has 4 amide bonds. The van der Waals surface area contributed by atoms with Crippen LogP contribution in [0.3, 0.4) is 0 Å². The Bertz CT molecular complexity index is 1080. The van der Waals surface area contributed by atoms with Crippen molar-refractivity contribution in [3.05, 3.63) is 65.2 Å². The minimum atomic E-state index is -0.651. The normalized spacial score (nSPS) is 16.3. The van der Waals surface area contributed by atoms with Gasteiger partial charge in [-0.2, -0.15) is 0 Å². The van der Waals surface area contributed by atoms with Crippen molar-refractivity contribution in [1.82, 2.24) is 14.7 Å². The first-order chi connectivity index (χ1) is 15.2. The highest BCUT2D eigenvalue weighted by atomic mass is 16.6. The summed E-state index contributed by atoms with van der Waals surface area (Å²) in [6, 6.07) is 13.4. The Hall–Kier alpha value is -3.68. The lowest BCUT2D eigenvalue weighted by atomic mass is 10.0. The maximum atomic E-state index is 13.0. The zero-order chi connectivity index (χ0) is 23.0. The van der Waals surface area contributed by atoms with Crippen LogP contribution < -0.4 is 4.74 Å². The van der Waals surface area contributed by atoms with Gasteiger partial charge in [0.15, 0.2) is 0 Å². The predicted molar refractivity (Wildman–Crippen MR) is 117 cm³/mol. The number of benzene rings is 2. The Morgan fingerprint density at radius 2 is 1.41 bits per heavy atom. The van der Waals surface area contributed by atoms with Gasteiger partial charge in [-0.25, -0.2) is 4.79 Å². The molecule has 2 aliphatic heterocycles. The Kier molecular flexibility index (Phi) is 5.46. The van der Waals surface area contributed by atoms with Crippen molar-refractivity contribution in [2.24, 2.45) is 0 Å². The highest BCUT2D eigenvalue weighted by molar-refractivity contribution is 6.22. The van der Waals surface area contributed by atoms with E-state index in [0.717, 1.165) is 0 Å². The Balaban J connectivity index is 1.42. The van der Waals surface area contributed by atoms with Crippen LogP contribution in [-0.2, 0) is 0 Å². The van der Waals surface area contributed by atoms with E-state index in [1.165, 1.54) is 11.0 Å². The summed E-state index contributed by atoms with van der Waals surface area (Å²) in [5.74, 6) is -0.501. The second-order valence-electron chi connectivity index (χ2n) is 8.84. The summed E-state index contributed by atoms with van der Waals surface area (Å²) in [5, 5.41) is 0. The zero-order valence-electron chi connectivity index (χ0n) is 18.3. The van der Waals surface area contributed by atoms with Gasteiger partial charge in [0.25, 0.3) is 17.7 Å². The van der Waals surface area contributed by atoms with E-state index < -0.39 is 11.6 Å². The molecule has 2 aliphatic rings. The number of carbonyl (C=O) groups is 4. The summed E-state index contributed by atoms with van der Waals surface area (Å²) in [6.45, 7) is 6.77. The fraction of sp³-hybridized carbons (Fsp3) is 0.333. The number of carbonyl (C=O) groups excluding carboxylic acids is 4. The smallest absolute Gasteiger partial charge is 0.410 e. The number of hydrogen-bond donors (Lipinski definition) is 0. The van der Waals surface area contributed by atoms with Crippen LogP contribution in [0.1, 0.15) is 51.8 Å². The molecular formula is C24H25N3O5. The molecule has 2 aromatic carbocycles. The van der Waals surface area contributed by atoms with Crippen LogP contribution in [-0.4, -0.2) is 70.2 Å². The van der Waals surface area contributed by atoms with Gasteiger partial charge >= 0.3 is 6.09 Å². The summed E-state index contributed by atoms with van der Waals surface area (Å²) >= 11 is 0. The Morgan fingerprint density at radius 1 is 0.812 bits per heavy atom. The monoisotopic (exact) mass is 435 g/mol. The summed E-state index contributed by atoms with van der Waals surface area (Å²) in [4.78, 5) is 55.2. The molecule has 0 radical (unpaired) electrons. The van der Waals surface area contributed by atoms with Crippen molar-refractivity contribution in [2.45, 2.75) is 26.3 Å². The number of fused-ring (bicyclic) bond motifs is 1. The number of nitrogens with zero attached hydrogens (tertiary/aromatic N) is 3. The maximum Gasteiger partial charge on any atom is 0.415 e. The first kappa shape index (κ1) is 21.5. The standard InChI is InChI=1S/C24H25N3O5/c1-24(2,3)27-21(29)18-10-9-16(15-19(18)22(27)30)20(28)25-11-13-26(14-12-25)23(31)32-17-7-5-4-6-8-17/h4-10,15H,11-14H2,1-3H3. The van der Waals surface area contributed by atoms with E-state index in [4.69, 9.17) is 4.74 Å². The molecule has 8 nitrogen and oxygen atoms in total. The van der Waals surface area contributed by atoms with Crippen molar-refractivity contribution >= 4 is 23.8 Å². The van der Waals surface area contributed by atoms with E-state index in [9.17, 15) is 19.2 Å². The lowest BCUT2D eigenvalue weighted by Crippen LogP contribution is -2.51. The van der Waals surface area contributed by atoms with Crippen molar-refractivity contribution in [3.63, 3.8) is 0 Å². The average molecular weight is 435 g/mol. The van der Waals surface area contributed by atoms with Crippen molar-refractivity contribution in [1.29, 1.82) is 0 Å². The summed E-state index contributed by atoms with van der Waals surface area (Å²) in [7, 11) is 0. The molecule has 0 spiro atoms. The lowest BCUT2D eigenvalue weighted by molar-refractivity contribution is 0.0507. The highest BCUT2D eigenvalue weighted by Crippen LogP contribution is 2.30. The first-order valence-corrected chi connectivity index (χ1v) is 10.5. The van der Waals surface area contributed by atoms with Gasteiger partial charge < -0.3 is 14.5 Å². The molecule has 0 atom stereocenters. The van der Waals surface area contributed by atoms with E-state index in [1.807, 2.05) is 6.07 Å². The molecular weight excluding hydrogens is 410 g/mol. The largest absolute Gasteiger partial charge is 0.415 e. The van der Waals surface area contributed by atoms with Gasteiger partial charge in [-0.05, 0) is 51.1 Å². The molecule has 166 valence electrons. The molecule has 8 heteroatoms. The van der Waals surface area contributed by atoms with Crippen LogP contribution in [0.2, 0.25) is 0 Å². The molecule has 4 rings (SSSR count). The van der Waals surface area contributed by atoms with Gasteiger partial charge in [0, 0.05) is 37.3 Å². The molecule has 0 bridgehead atoms. The minimum absolute atomic E-state index is 0.238. The van der Waals surface area contributed by atoms with E-state index in [-0.39, 0.29) is 23.3 Å². The van der Waals surface area contributed by atoms with Crippen LogP contribution in [0.15, 0.2) is 48.5 Å². The highest BCUT2D eigenvalue weighted by Gasteiger charge is 2.42. The lowest BCUT2D eigenvalue weighted by Gasteiger charge is -2.34. The predicted octanol–water partition coefficient (Wildman–Crippen LogP) is 3.04. The second kappa shape index (κ2) is 8.11. The van der Waals surface area contributed by atoms with Crippen molar-refractivity contribution in [3.8, 4) is 5.75 Å². The summed E-state index contributed by atoms with van der Waals surface area (Å²) in [5.41, 5.74) is 0.263. The molecule has 1 saturated heterocycles. The van der Waals surface area contributed by atoms with Gasteiger partial charge in [0.1, 0.15) is 5.75 Å². The molecule has 1 fully saturated rings. The van der Waals surface area contributed by atoms with Gasteiger partial charge in [-0.1, -0.05) is 18.2 Å². The molecule has 0 unspecified atom stereocenters. The molecule has 0 N–H and O–H groups in total. The van der Waals surface area contributed by atoms with Gasteiger partial charge in [0.2, 0.25) is 0 Å².